The zero-order valence-corrected chi connectivity index (χ0v) is 12.4. The summed E-state index contributed by atoms with van der Waals surface area (Å²) in [6.07, 6.45) is 0. The molecule has 6 heteroatoms. The molecule has 0 aliphatic heterocycles. The van der Waals surface area contributed by atoms with E-state index in [0.717, 1.165) is 35.8 Å². The SMILES string of the molecule is Cc1csc(Sc2cc3nc(C)sc3cc2N)n1. The summed E-state index contributed by atoms with van der Waals surface area (Å²) >= 11 is 4.92. The molecule has 0 saturated carbocycles. The van der Waals surface area contributed by atoms with Crippen LogP contribution >= 0.6 is 34.4 Å². The van der Waals surface area contributed by atoms with Crippen LogP contribution in [0.25, 0.3) is 10.2 Å². The molecule has 0 atom stereocenters. The van der Waals surface area contributed by atoms with Gasteiger partial charge >= 0.3 is 0 Å². The van der Waals surface area contributed by atoms with Gasteiger partial charge in [0.2, 0.25) is 0 Å². The molecule has 0 fully saturated rings. The number of benzene rings is 1. The molecule has 2 heterocycles. The number of rotatable bonds is 2. The van der Waals surface area contributed by atoms with Crippen molar-refractivity contribution in [1.82, 2.24) is 9.97 Å². The molecule has 0 saturated heterocycles. The number of aromatic nitrogens is 2. The lowest BCUT2D eigenvalue weighted by Crippen LogP contribution is -1.88. The average molecular weight is 293 g/mol. The monoisotopic (exact) mass is 293 g/mol. The van der Waals surface area contributed by atoms with Crippen LogP contribution in [0.4, 0.5) is 5.69 Å². The normalized spacial score (nSPS) is 11.2. The van der Waals surface area contributed by atoms with E-state index in [4.69, 9.17) is 5.73 Å². The molecule has 18 heavy (non-hydrogen) atoms. The van der Waals surface area contributed by atoms with Gasteiger partial charge in [-0.2, -0.15) is 0 Å². The number of nitrogen functional groups attached to an aromatic ring is 1. The Morgan fingerprint density at radius 2 is 2.06 bits per heavy atom. The summed E-state index contributed by atoms with van der Waals surface area (Å²) in [7, 11) is 0. The van der Waals surface area contributed by atoms with Crippen LogP contribution in [-0.2, 0) is 0 Å². The van der Waals surface area contributed by atoms with Crippen molar-refractivity contribution in [3.8, 4) is 0 Å². The molecule has 0 aliphatic carbocycles. The van der Waals surface area contributed by atoms with Crippen molar-refractivity contribution < 1.29 is 0 Å². The maximum absolute atomic E-state index is 6.09. The van der Waals surface area contributed by atoms with E-state index in [2.05, 4.69) is 16.0 Å². The first-order chi connectivity index (χ1) is 8.61. The minimum atomic E-state index is 0.795. The predicted octanol–water partition coefficient (Wildman–Crippen LogP) is 4.10. The Morgan fingerprint density at radius 1 is 1.22 bits per heavy atom. The van der Waals surface area contributed by atoms with Gasteiger partial charge in [0.05, 0.1) is 15.2 Å². The highest BCUT2D eigenvalue weighted by molar-refractivity contribution is 8.01. The molecule has 0 radical (unpaired) electrons. The first-order valence-corrected chi connectivity index (χ1v) is 7.90. The Hall–Kier alpha value is -1.11. The van der Waals surface area contributed by atoms with Gasteiger partial charge in [0.25, 0.3) is 0 Å². The van der Waals surface area contributed by atoms with Gasteiger partial charge in [-0.3, -0.25) is 0 Å². The molecule has 0 spiro atoms. The van der Waals surface area contributed by atoms with Crippen molar-refractivity contribution in [2.24, 2.45) is 0 Å². The molecular formula is C12H11N3S3. The molecule has 3 aromatic rings. The molecule has 3 rings (SSSR count). The molecule has 0 amide bonds. The lowest BCUT2D eigenvalue weighted by Gasteiger charge is -2.02. The van der Waals surface area contributed by atoms with E-state index >= 15 is 0 Å². The van der Waals surface area contributed by atoms with Crippen LogP contribution in [-0.4, -0.2) is 9.97 Å². The quantitative estimate of drug-likeness (QED) is 0.723. The third-order valence-electron chi connectivity index (χ3n) is 2.42. The fraction of sp³-hybridized carbons (Fsp3) is 0.167. The number of fused-ring (bicyclic) bond motifs is 1. The smallest absolute Gasteiger partial charge is 0.154 e. The Kier molecular flexibility index (Phi) is 3.01. The van der Waals surface area contributed by atoms with Gasteiger partial charge in [0, 0.05) is 21.7 Å². The van der Waals surface area contributed by atoms with E-state index in [9.17, 15) is 0 Å². The van der Waals surface area contributed by atoms with Crippen LogP contribution in [0.3, 0.4) is 0 Å². The lowest BCUT2D eigenvalue weighted by atomic mass is 10.3. The largest absolute Gasteiger partial charge is 0.398 e. The maximum atomic E-state index is 6.09. The van der Waals surface area contributed by atoms with Crippen molar-refractivity contribution in [2.75, 3.05) is 5.73 Å². The van der Waals surface area contributed by atoms with Crippen molar-refractivity contribution in [1.29, 1.82) is 0 Å². The third kappa shape index (κ3) is 2.23. The highest BCUT2D eigenvalue weighted by Gasteiger charge is 2.09. The zero-order valence-electron chi connectivity index (χ0n) is 9.93. The van der Waals surface area contributed by atoms with Crippen molar-refractivity contribution in [3.63, 3.8) is 0 Å². The number of hydrogen-bond donors (Lipinski definition) is 1. The summed E-state index contributed by atoms with van der Waals surface area (Å²) in [4.78, 5) is 9.96. The second kappa shape index (κ2) is 4.53. The topological polar surface area (TPSA) is 51.8 Å². The highest BCUT2D eigenvalue weighted by Crippen LogP contribution is 2.37. The molecule has 1 aromatic carbocycles. The van der Waals surface area contributed by atoms with Crippen molar-refractivity contribution in [2.45, 2.75) is 23.1 Å². The van der Waals surface area contributed by atoms with Gasteiger partial charge in [-0.1, -0.05) is 11.8 Å². The first-order valence-electron chi connectivity index (χ1n) is 5.38. The number of thiazole rings is 2. The molecule has 0 aliphatic rings. The summed E-state index contributed by atoms with van der Waals surface area (Å²) in [5.74, 6) is 0. The van der Waals surface area contributed by atoms with E-state index in [-0.39, 0.29) is 0 Å². The summed E-state index contributed by atoms with van der Waals surface area (Å²) in [5, 5.41) is 3.11. The first kappa shape index (κ1) is 12.0. The van der Waals surface area contributed by atoms with E-state index in [1.807, 2.05) is 25.3 Å². The summed E-state index contributed by atoms with van der Waals surface area (Å²) in [6, 6.07) is 4.05. The zero-order chi connectivity index (χ0) is 12.7. The minimum Gasteiger partial charge on any atom is -0.398 e. The molecule has 0 unspecified atom stereocenters. The summed E-state index contributed by atoms with van der Waals surface area (Å²) < 4.78 is 2.16. The van der Waals surface area contributed by atoms with Gasteiger partial charge in [-0.25, -0.2) is 9.97 Å². The third-order valence-corrected chi connectivity index (χ3v) is 5.49. The highest BCUT2D eigenvalue weighted by atomic mass is 32.2. The fourth-order valence-corrected chi connectivity index (χ4v) is 4.36. The second-order valence-electron chi connectivity index (χ2n) is 3.95. The molecule has 92 valence electrons. The van der Waals surface area contributed by atoms with E-state index in [0.29, 0.717) is 0 Å². The number of anilines is 1. The Balaban J connectivity index is 2.02. The number of nitrogens with two attached hydrogens (primary N) is 1. The van der Waals surface area contributed by atoms with Crippen molar-refractivity contribution in [3.05, 3.63) is 28.2 Å². The van der Waals surface area contributed by atoms with E-state index in [1.165, 1.54) is 0 Å². The molecule has 2 aromatic heterocycles. The lowest BCUT2D eigenvalue weighted by molar-refractivity contribution is 1.16. The second-order valence-corrected chi connectivity index (χ2v) is 7.33. The van der Waals surface area contributed by atoms with Crippen LogP contribution in [0.15, 0.2) is 26.7 Å². The Bertz CT molecular complexity index is 715. The van der Waals surface area contributed by atoms with Crippen molar-refractivity contribution >= 4 is 50.3 Å². The summed E-state index contributed by atoms with van der Waals surface area (Å²) in [5.41, 5.74) is 8.94. The number of nitrogens with zero attached hydrogens (tertiary/aromatic N) is 2. The van der Waals surface area contributed by atoms with Crippen LogP contribution in [0.2, 0.25) is 0 Å². The Labute approximate surface area is 117 Å². The van der Waals surface area contributed by atoms with E-state index in [1.54, 1.807) is 34.4 Å². The number of hydrogen-bond acceptors (Lipinski definition) is 6. The van der Waals surface area contributed by atoms with Crippen LogP contribution in [0.5, 0.6) is 0 Å². The maximum Gasteiger partial charge on any atom is 0.154 e. The van der Waals surface area contributed by atoms with Gasteiger partial charge in [0.15, 0.2) is 4.34 Å². The molecule has 0 bridgehead atoms. The fourth-order valence-electron chi connectivity index (χ4n) is 1.65. The van der Waals surface area contributed by atoms with Crippen LogP contribution in [0, 0.1) is 13.8 Å². The minimum absolute atomic E-state index is 0.795. The van der Waals surface area contributed by atoms with Gasteiger partial charge in [0.1, 0.15) is 0 Å². The van der Waals surface area contributed by atoms with Crippen LogP contribution in [0.1, 0.15) is 10.7 Å². The van der Waals surface area contributed by atoms with Crippen LogP contribution < -0.4 is 5.73 Å². The van der Waals surface area contributed by atoms with Gasteiger partial charge in [-0.15, -0.1) is 22.7 Å². The molecule has 2 N–H and O–H groups in total. The molecular weight excluding hydrogens is 282 g/mol. The molecule has 3 nitrogen and oxygen atoms in total. The van der Waals surface area contributed by atoms with E-state index < -0.39 is 0 Å². The standard InChI is InChI=1S/C12H11N3S3/c1-6-5-16-12(14-6)18-10-4-9-11(3-8(10)13)17-7(2)15-9/h3-5H,13H2,1-2H3. The van der Waals surface area contributed by atoms with Gasteiger partial charge < -0.3 is 5.73 Å². The predicted molar refractivity (Wildman–Crippen MR) is 79.7 cm³/mol. The average Bonchev–Trinajstić information content (AvgIpc) is 2.85. The number of aryl methyl sites for hydroxylation is 2. The van der Waals surface area contributed by atoms with Gasteiger partial charge in [-0.05, 0) is 26.0 Å². The summed E-state index contributed by atoms with van der Waals surface area (Å²) in [6.45, 7) is 4.01. The Morgan fingerprint density at radius 3 is 2.78 bits per heavy atom.